The summed E-state index contributed by atoms with van der Waals surface area (Å²) in [6.07, 6.45) is 0. The fraction of sp³-hybridized carbons (Fsp3) is 0.214. The highest BCUT2D eigenvalue weighted by Gasteiger charge is 2.44. The lowest BCUT2D eigenvalue weighted by molar-refractivity contribution is 0.0971. The van der Waals surface area contributed by atoms with E-state index in [2.05, 4.69) is 0 Å². The number of methoxy groups -OCH3 is 3. The quantitative estimate of drug-likeness (QED) is 0.339. The molecule has 0 saturated heterocycles. The van der Waals surface area contributed by atoms with Crippen molar-refractivity contribution in [2.24, 2.45) is 0 Å². The maximum atomic E-state index is 13.9. The molecule has 0 saturated carbocycles. The fourth-order valence-corrected chi connectivity index (χ4v) is 4.83. The molecule has 1 aromatic heterocycles. The van der Waals surface area contributed by atoms with Gasteiger partial charge in [-0.2, -0.15) is 0 Å². The topological polar surface area (TPSA) is 78.2 Å². The first-order valence-corrected chi connectivity index (χ1v) is 11.6. The number of halogens is 1. The van der Waals surface area contributed by atoms with E-state index in [-0.39, 0.29) is 16.8 Å². The first kappa shape index (κ1) is 23.8. The van der Waals surface area contributed by atoms with Crippen LogP contribution in [0.5, 0.6) is 17.2 Å². The Morgan fingerprint density at radius 2 is 1.58 bits per heavy atom. The molecule has 1 amide bonds. The highest BCUT2D eigenvalue weighted by atomic mass is 35.5. The smallest absolute Gasteiger partial charge is 0.295 e. The van der Waals surface area contributed by atoms with E-state index >= 15 is 0 Å². The van der Waals surface area contributed by atoms with Crippen LogP contribution in [0.4, 0.5) is 5.69 Å². The summed E-state index contributed by atoms with van der Waals surface area (Å²) in [5.74, 6) is 0.751. The van der Waals surface area contributed by atoms with E-state index in [1.807, 2.05) is 26.0 Å². The molecule has 0 aliphatic carbocycles. The normalized spacial score (nSPS) is 14.8. The number of nitrogens with zero attached hydrogens (tertiary/aromatic N) is 1. The molecule has 184 valence electrons. The summed E-state index contributed by atoms with van der Waals surface area (Å²) in [5, 5.41) is 0.905. The van der Waals surface area contributed by atoms with E-state index in [4.69, 9.17) is 30.2 Å². The van der Waals surface area contributed by atoms with Gasteiger partial charge in [-0.1, -0.05) is 29.3 Å². The van der Waals surface area contributed by atoms with Gasteiger partial charge in [-0.25, -0.2) is 0 Å². The lowest BCUT2D eigenvalue weighted by Crippen LogP contribution is -2.29. The lowest BCUT2D eigenvalue weighted by Gasteiger charge is -2.26. The first-order chi connectivity index (χ1) is 17.3. The maximum Gasteiger partial charge on any atom is 0.295 e. The van der Waals surface area contributed by atoms with Crippen LogP contribution in [0.25, 0.3) is 11.0 Å². The van der Waals surface area contributed by atoms with Crippen LogP contribution in [0.15, 0.2) is 57.7 Å². The number of rotatable bonds is 5. The van der Waals surface area contributed by atoms with Crippen LogP contribution < -0.4 is 24.5 Å². The molecule has 1 aliphatic rings. The standard InChI is InChI=1S/C28H24ClNO6/c1-14-6-9-20-18(10-14)25(31)23-24(16-11-21(33-3)26(35-5)22(12-16)34-4)30(28(32)27(23)36-20)17-8-7-15(2)19(29)13-17/h6-13,24H,1-5H3. The molecular formula is C28H24ClNO6. The zero-order valence-corrected chi connectivity index (χ0v) is 21.2. The second-order valence-corrected chi connectivity index (χ2v) is 9.05. The van der Waals surface area contributed by atoms with Crippen LogP contribution in [0.1, 0.15) is 38.9 Å². The molecule has 1 atom stereocenters. The molecular weight excluding hydrogens is 482 g/mol. The van der Waals surface area contributed by atoms with Crippen molar-refractivity contribution in [1.82, 2.24) is 0 Å². The summed E-state index contributed by atoms with van der Waals surface area (Å²) in [6, 6.07) is 13.3. The number of hydrogen-bond donors (Lipinski definition) is 0. The first-order valence-electron chi connectivity index (χ1n) is 11.3. The van der Waals surface area contributed by atoms with Crippen LogP contribution >= 0.6 is 11.6 Å². The van der Waals surface area contributed by atoms with Crippen molar-refractivity contribution in [2.75, 3.05) is 26.2 Å². The Morgan fingerprint density at radius 3 is 2.19 bits per heavy atom. The predicted octanol–water partition coefficient (Wildman–Crippen LogP) is 5.84. The number of ether oxygens (including phenoxy) is 3. The number of amides is 1. The summed E-state index contributed by atoms with van der Waals surface area (Å²) < 4.78 is 22.6. The molecule has 7 nitrogen and oxygen atoms in total. The molecule has 36 heavy (non-hydrogen) atoms. The molecule has 0 radical (unpaired) electrons. The summed E-state index contributed by atoms with van der Waals surface area (Å²) >= 11 is 6.43. The molecule has 5 rings (SSSR count). The van der Waals surface area contributed by atoms with Gasteiger partial charge in [0.15, 0.2) is 16.9 Å². The van der Waals surface area contributed by atoms with Gasteiger partial charge in [0.2, 0.25) is 11.5 Å². The highest BCUT2D eigenvalue weighted by molar-refractivity contribution is 6.31. The minimum Gasteiger partial charge on any atom is -0.493 e. The molecule has 4 aromatic rings. The zero-order valence-electron chi connectivity index (χ0n) is 20.5. The van der Waals surface area contributed by atoms with Crippen molar-refractivity contribution in [3.8, 4) is 17.2 Å². The Bertz CT molecular complexity index is 1570. The number of fused-ring (bicyclic) bond motifs is 2. The van der Waals surface area contributed by atoms with Crippen molar-refractivity contribution in [3.63, 3.8) is 0 Å². The largest absolute Gasteiger partial charge is 0.493 e. The Balaban J connectivity index is 1.85. The Morgan fingerprint density at radius 1 is 0.889 bits per heavy atom. The summed E-state index contributed by atoms with van der Waals surface area (Å²) in [4.78, 5) is 29.2. The monoisotopic (exact) mass is 505 g/mol. The van der Waals surface area contributed by atoms with Gasteiger partial charge in [0.05, 0.1) is 38.3 Å². The van der Waals surface area contributed by atoms with Crippen LogP contribution in [0.2, 0.25) is 5.02 Å². The third kappa shape index (κ3) is 3.58. The van der Waals surface area contributed by atoms with Crippen molar-refractivity contribution >= 4 is 34.2 Å². The van der Waals surface area contributed by atoms with Gasteiger partial charge in [-0.05, 0) is 61.4 Å². The van der Waals surface area contributed by atoms with Gasteiger partial charge in [-0.3, -0.25) is 14.5 Å². The van der Waals surface area contributed by atoms with E-state index in [0.29, 0.717) is 44.5 Å². The maximum absolute atomic E-state index is 13.9. The van der Waals surface area contributed by atoms with Crippen LogP contribution in [0, 0.1) is 13.8 Å². The number of benzene rings is 3. The van der Waals surface area contributed by atoms with E-state index in [1.165, 1.54) is 26.2 Å². The van der Waals surface area contributed by atoms with Gasteiger partial charge in [0, 0.05) is 10.7 Å². The molecule has 0 N–H and O–H groups in total. The minimum absolute atomic E-state index is 0.00759. The van der Waals surface area contributed by atoms with Crippen molar-refractivity contribution < 1.29 is 23.4 Å². The molecule has 2 heterocycles. The minimum atomic E-state index is -0.818. The van der Waals surface area contributed by atoms with E-state index < -0.39 is 11.9 Å². The third-order valence-corrected chi connectivity index (χ3v) is 6.87. The van der Waals surface area contributed by atoms with Gasteiger partial charge in [0.1, 0.15) is 5.58 Å². The Hall–Kier alpha value is -3.97. The molecule has 3 aromatic carbocycles. The lowest BCUT2D eigenvalue weighted by atomic mass is 9.97. The average molecular weight is 506 g/mol. The van der Waals surface area contributed by atoms with Gasteiger partial charge < -0.3 is 18.6 Å². The number of carbonyl (C=O) groups excluding carboxylic acids is 1. The van der Waals surface area contributed by atoms with Crippen LogP contribution in [0.3, 0.4) is 0 Å². The molecule has 0 bridgehead atoms. The van der Waals surface area contributed by atoms with Crippen LogP contribution in [-0.2, 0) is 0 Å². The van der Waals surface area contributed by atoms with Gasteiger partial charge in [0.25, 0.3) is 5.91 Å². The van der Waals surface area contributed by atoms with E-state index in [0.717, 1.165) is 11.1 Å². The molecule has 1 aliphatic heterocycles. The van der Waals surface area contributed by atoms with Crippen molar-refractivity contribution in [1.29, 1.82) is 0 Å². The Kier molecular flexibility index (Phi) is 5.88. The summed E-state index contributed by atoms with van der Waals surface area (Å²) in [5.41, 5.74) is 3.21. The Labute approximate surface area is 212 Å². The molecule has 8 heteroatoms. The van der Waals surface area contributed by atoms with Gasteiger partial charge in [-0.15, -0.1) is 0 Å². The average Bonchev–Trinajstić information content (AvgIpc) is 3.17. The summed E-state index contributed by atoms with van der Waals surface area (Å²) in [7, 11) is 4.53. The third-order valence-electron chi connectivity index (χ3n) is 6.46. The number of anilines is 1. The molecule has 1 unspecified atom stereocenters. The van der Waals surface area contributed by atoms with Gasteiger partial charge >= 0.3 is 0 Å². The second kappa shape index (κ2) is 8.91. The fourth-order valence-electron chi connectivity index (χ4n) is 4.66. The molecule has 0 spiro atoms. The number of hydrogen-bond acceptors (Lipinski definition) is 6. The number of aryl methyl sites for hydroxylation is 2. The summed E-state index contributed by atoms with van der Waals surface area (Å²) in [6.45, 7) is 3.78. The zero-order chi connectivity index (χ0) is 25.7. The van der Waals surface area contributed by atoms with E-state index in [9.17, 15) is 9.59 Å². The van der Waals surface area contributed by atoms with Crippen LogP contribution in [-0.4, -0.2) is 27.2 Å². The number of carbonyl (C=O) groups is 1. The van der Waals surface area contributed by atoms with Crippen molar-refractivity contribution in [2.45, 2.75) is 19.9 Å². The highest BCUT2D eigenvalue weighted by Crippen LogP contribution is 2.46. The van der Waals surface area contributed by atoms with Crippen molar-refractivity contribution in [3.05, 3.63) is 91.8 Å². The van der Waals surface area contributed by atoms with E-state index in [1.54, 1.807) is 36.4 Å². The SMILES string of the molecule is COc1cc(C2c3c(oc4ccc(C)cc4c3=O)C(=O)N2c2ccc(C)c(Cl)c2)cc(OC)c1OC. The second-order valence-electron chi connectivity index (χ2n) is 8.64. The molecule has 0 fully saturated rings. The predicted molar refractivity (Wildman–Crippen MR) is 138 cm³/mol.